The number of hydrogen-bond donors (Lipinski definition) is 7. The summed E-state index contributed by atoms with van der Waals surface area (Å²) >= 11 is 0. The predicted octanol–water partition coefficient (Wildman–Crippen LogP) is 5.76. The highest BCUT2D eigenvalue weighted by Gasteiger charge is 2.51. The first-order valence-corrected chi connectivity index (χ1v) is 24.4. The number of ether oxygens (including phenoxy) is 6. The normalized spacial score (nSPS) is 28.0. The fraction of sp³-hybridized carbons (Fsp3) is 0.957. The Labute approximate surface area is 372 Å². The molecule has 0 aliphatic carbocycles. The minimum Gasteiger partial charge on any atom is -0.463 e. The number of hydrogen-bond acceptors (Lipinski definition) is 15. The van der Waals surface area contributed by atoms with E-state index in [1.54, 1.807) is 0 Å². The average Bonchev–Trinajstić information content (AvgIpc) is 3.26. The molecule has 0 aromatic heterocycles. The summed E-state index contributed by atoms with van der Waals surface area (Å²) in [7, 11) is 0. The topological polar surface area (TPSA) is 231 Å². The van der Waals surface area contributed by atoms with Gasteiger partial charge in [-0.2, -0.15) is 0 Å². The van der Waals surface area contributed by atoms with Crippen LogP contribution in [0.4, 0.5) is 0 Å². The van der Waals surface area contributed by atoms with Gasteiger partial charge in [-0.15, -0.1) is 0 Å². The van der Waals surface area contributed by atoms with Crippen molar-refractivity contribution in [3.8, 4) is 0 Å². The maximum Gasteiger partial charge on any atom is 0.305 e. The van der Waals surface area contributed by atoms with E-state index in [4.69, 9.17) is 28.4 Å². The molecule has 0 aromatic carbocycles. The van der Waals surface area contributed by atoms with Crippen molar-refractivity contribution in [2.45, 2.75) is 249 Å². The highest BCUT2D eigenvalue weighted by molar-refractivity contribution is 5.69. The van der Waals surface area contributed by atoms with Crippen molar-refractivity contribution in [1.82, 2.24) is 0 Å². The van der Waals surface area contributed by atoms with Gasteiger partial charge in [0.15, 0.2) is 12.6 Å². The molecule has 13 atom stereocenters. The summed E-state index contributed by atoms with van der Waals surface area (Å²) in [6.45, 7) is 7.09. The van der Waals surface area contributed by atoms with E-state index >= 15 is 0 Å². The molecule has 15 heteroatoms. The third kappa shape index (κ3) is 23.1. The molecule has 0 saturated carbocycles. The lowest BCUT2D eigenvalue weighted by Crippen LogP contribution is -2.65. The Bertz CT molecular complexity index is 1130. The van der Waals surface area contributed by atoms with E-state index in [2.05, 4.69) is 27.7 Å². The van der Waals surface area contributed by atoms with Gasteiger partial charge in [0.1, 0.15) is 68.1 Å². The van der Waals surface area contributed by atoms with Gasteiger partial charge in [-0.05, 0) is 24.7 Å². The molecular formula is C47H88O15. The van der Waals surface area contributed by atoms with Crippen LogP contribution in [0.2, 0.25) is 0 Å². The largest absolute Gasteiger partial charge is 0.463 e. The summed E-state index contributed by atoms with van der Waals surface area (Å²) in [5.41, 5.74) is 0. The lowest BCUT2D eigenvalue weighted by molar-refractivity contribution is -0.361. The number of aliphatic hydroxyl groups is 7. The fourth-order valence-corrected chi connectivity index (χ4v) is 7.84. The second kappa shape index (κ2) is 33.9. The standard InChI is InChI=1S/C47H88O15/c1-5-33(3)25-21-17-13-9-7-8-10-15-19-23-27-38(50)57-30-35(49)31-59-46-44(56)45(62-47-43(55)42(54)40(52)36(29-48)60-47)41(53)37(61-46)32-58-39(51)28-24-20-16-12-11-14-18-22-26-34(4)6-2/h33-37,40-49,52-56H,5-32H2,1-4H3/t33-,34+,35-,36+,37+,40+,41+,42-,43-,44-,45-,46-,47+/m0/s1. The van der Waals surface area contributed by atoms with Gasteiger partial charge in [0.05, 0.1) is 13.2 Å². The lowest BCUT2D eigenvalue weighted by atomic mass is 9.97. The third-order valence-corrected chi connectivity index (χ3v) is 12.6. The first-order valence-electron chi connectivity index (χ1n) is 24.4. The maximum atomic E-state index is 12.7. The highest BCUT2D eigenvalue weighted by Crippen LogP contribution is 2.30. The number of carbonyl (C=O) groups is 2. The van der Waals surface area contributed by atoms with Crippen molar-refractivity contribution in [3.05, 3.63) is 0 Å². The van der Waals surface area contributed by atoms with Crippen molar-refractivity contribution in [2.75, 3.05) is 26.4 Å². The van der Waals surface area contributed by atoms with Crippen LogP contribution in [0.25, 0.3) is 0 Å². The van der Waals surface area contributed by atoms with Crippen molar-refractivity contribution >= 4 is 11.9 Å². The number of aliphatic hydroxyl groups excluding tert-OH is 7. The van der Waals surface area contributed by atoms with Gasteiger partial charge in [-0.25, -0.2) is 0 Å². The monoisotopic (exact) mass is 893 g/mol. The molecule has 0 unspecified atom stereocenters. The van der Waals surface area contributed by atoms with Gasteiger partial charge in [0.2, 0.25) is 0 Å². The van der Waals surface area contributed by atoms with Crippen LogP contribution in [0.15, 0.2) is 0 Å². The van der Waals surface area contributed by atoms with Crippen molar-refractivity contribution < 1.29 is 73.8 Å². The third-order valence-electron chi connectivity index (χ3n) is 12.6. The van der Waals surface area contributed by atoms with Crippen LogP contribution in [0.3, 0.4) is 0 Å². The van der Waals surface area contributed by atoms with E-state index < -0.39 is 99.3 Å². The van der Waals surface area contributed by atoms with Gasteiger partial charge < -0.3 is 64.2 Å². The Morgan fingerprint density at radius 1 is 0.532 bits per heavy atom. The summed E-state index contributed by atoms with van der Waals surface area (Å²) < 4.78 is 33.3. The quantitative estimate of drug-likeness (QED) is 0.0293. The molecule has 2 saturated heterocycles. The molecule has 0 bridgehead atoms. The second-order valence-electron chi connectivity index (χ2n) is 18.1. The number of carbonyl (C=O) groups excluding carboxylic acids is 2. The fourth-order valence-electron chi connectivity index (χ4n) is 7.84. The van der Waals surface area contributed by atoms with Crippen LogP contribution >= 0.6 is 0 Å². The van der Waals surface area contributed by atoms with Crippen LogP contribution < -0.4 is 0 Å². The molecule has 0 spiro atoms. The average molecular weight is 893 g/mol. The first kappa shape index (κ1) is 56.6. The van der Waals surface area contributed by atoms with Gasteiger partial charge >= 0.3 is 11.9 Å². The first-order chi connectivity index (χ1) is 29.8. The predicted molar refractivity (Wildman–Crippen MR) is 234 cm³/mol. The Morgan fingerprint density at radius 3 is 1.47 bits per heavy atom. The minimum atomic E-state index is -1.83. The molecule has 0 radical (unpaired) electrons. The summed E-state index contributed by atoms with van der Waals surface area (Å²) in [6, 6.07) is 0. The van der Waals surface area contributed by atoms with Crippen LogP contribution in [-0.4, -0.2) is 142 Å². The summed E-state index contributed by atoms with van der Waals surface area (Å²) in [4.78, 5) is 25.0. The van der Waals surface area contributed by atoms with E-state index in [-0.39, 0.29) is 19.4 Å². The van der Waals surface area contributed by atoms with Gasteiger partial charge in [0, 0.05) is 12.8 Å². The van der Waals surface area contributed by atoms with Crippen molar-refractivity contribution in [3.63, 3.8) is 0 Å². The summed E-state index contributed by atoms with van der Waals surface area (Å²) in [5.74, 6) is 0.655. The SMILES string of the molecule is CC[C@@H](C)CCCCCCCCCCC(=O)OC[C@H]1O[C@H](OC[C@@H](O)COC(=O)CCCCCCCCCCCC[C@@H](C)CC)[C@@H](O)[C@@H](O[C@H]2O[C@H](CO)[C@@H](O)[C@H](O)[C@@H]2O)[C@@H]1O. The Hall–Kier alpha value is -1.50. The van der Waals surface area contributed by atoms with E-state index in [0.29, 0.717) is 12.8 Å². The Morgan fingerprint density at radius 2 is 0.984 bits per heavy atom. The summed E-state index contributed by atoms with van der Waals surface area (Å²) in [5, 5.41) is 73.7. The smallest absolute Gasteiger partial charge is 0.305 e. The minimum absolute atomic E-state index is 0.162. The molecule has 2 fully saturated rings. The molecule has 2 heterocycles. The number of unbranched alkanes of at least 4 members (excludes halogenated alkanes) is 16. The van der Waals surface area contributed by atoms with Gasteiger partial charge in [-0.3, -0.25) is 9.59 Å². The van der Waals surface area contributed by atoms with E-state index in [1.807, 2.05) is 0 Å². The van der Waals surface area contributed by atoms with Crippen molar-refractivity contribution in [1.29, 1.82) is 0 Å². The van der Waals surface area contributed by atoms with Crippen LogP contribution in [0.1, 0.15) is 182 Å². The van der Waals surface area contributed by atoms with Gasteiger partial charge in [0.25, 0.3) is 0 Å². The van der Waals surface area contributed by atoms with Crippen LogP contribution in [-0.2, 0) is 38.0 Å². The Balaban J connectivity index is 1.79. The molecule has 2 aliphatic heterocycles. The molecule has 2 rings (SSSR count). The van der Waals surface area contributed by atoms with Crippen molar-refractivity contribution in [2.24, 2.45) is 11.8 Å². The zero-order chi connectivity index (χ0) is 45.7. The lowest BCUT2D eigenvalue weighted by Gasteiger charge is -2.46. The maximum absolute atomic E-state index is 12.7. The van der Waals surface area contributed by atoms with E-state index in [9.17, 15) is 45.3 Å². The van der Waals surface area contributed by atoms with Crippen LogP contribution in [0.5, 0.6) is 0 Å². The molecule has 0 aromatic rings. The molecule has 0 amide bonds. The highest BCUT2D eigenvalue weighted by atomic mass is 16.7. The molecule has 2 aliphatic rings. The molecule has 62 heavy (non-hydrogen) atoms. The zero-order valence-corrected chi connectivity index (χ0v) is 38.7. The summed E-state index contributed by atoms with van der Waals surface area (Å²) in [6.07, 6.45) is 7.93. The molecular weight excluding hydrogens is 805 g/mol. The number of esters is 2. The zero-order valence-electron chi connectivity index (χ0n) is 38.7. The van der Waals surface area contributed by atoms with Crippen LogP contribution in [0, 0.1) is 11.8 Å². The molecule has 15 nitrogen and oxygen atoms in total. The molecule has 366 valence electrons. The van der Waals surface area contributed by atoms with Gasteiger partial charge in [-0.1, -0.05) is 156 Å². The van der Waals surface area contributed by atoms with E-state index in [1.165, 1.54) is 89.9 Å². The Kier molecular flexibility index (Phi) is 31.0. The van der Waals surface area contributed by atoms with E-state index in [0.717, 1.165) is 50.4 Å². The molecule has 7 N–H and O–H groups in total. The second-order valence-corrected chi connectivity index (χ2v) is 18.1. The number of rotatable bonds is 36.